The van der Waals surface area contributed by atoms with Gasteiger partial charge in [-0.25, -0.2) is 12.8 Å². The summed E-state index contributed by atoms with van der Waals surface area (Å²) in [7, 11) is -3.59. The summed E-state index contributed by atoms with van der Waals surface area (Å²) in [6.07, 6.45) is 1.34. The van der Waals surface area contributed by atoms with Gasteiger partial charge in [0.05, 0.1) is 16.9 Å². The lowest BCUT2D eigenvalue weighted by atomic mass is 10.1. The number of hydrogen-bond donors (Lipinski definition) is 0. The number of furan rings is 1. The molecule has 8 heteroatoms. The molecule has 1 amide bonds. The molecule has 162 valence electrons. The SMILES string of the molecule is O=C(c1occc1CS(=O)(=O)c1ccccc1)N1CCN(Cc2ccccc2F)CC1. The summed E-state index contributed by atoms with van der Waals surface area (Å²) in [6, 6.07) is 16.3. The minimum atomic E-state index is -3.59. The second kappa shape index (κ2) is 9.03. The maximum absolute atomic E-state index is 13.9. The van der Waals surface area contributed by atoms with Crippen LogP contribution < -0.4 is 0 Å². The lowest BCUT2D eigenvalue weighted by Crippen LogP contribution is -2.48. The highest BCUT2D eigenvalue weighted by Crippen LogP contribution is 2.22. The molecule has 0 spiro atoms. The molecule has 0 bridgehead atoms. The van der Waals surface area contributed by atoms with E-state index in [-0.39, 0.29) is 28.1 Å². The van der Waals surface area contributed by atoms with Crippen molar-refractivity contribution in [3.63, 3.8) is 0 Å². The lowest BCUT2D eigenvalue weighted by Gasteiger charge is -2.34. The second-order valence-corrected chi connectivity index (χ2v) is 9.50. The summed E-state index contributed by atoms with van der Waals surface area (Å²) < 4.78 is 44.6. The van der Waals surface area contributed by atoms with Gasteiger partial charge in [0.1, 0.15) is 5.82 Å². The van der Waals surface area contributed by atoms with Gasteiger partial charge in [0, 0.05) is 43.9 Å². The Morgan fingerprint density at radius 1 is 0.903 bits per heavy atom. The largest absolute Gasteiger partial charge is 0.459 e. The molecule has 1 saturated heterocycles. The van der Waals surface area contributed by atoms with Gasteiger partial charge >= 0.3 is 0 Å². The third-order valence-electron chi connectivity index (χ3n) is 5.40. The van der Waals surface area contributed by atoms with Gasteiger partial charge in [-0.3, -0.25) is 9.69 Å². The molecule has 0 aliphatic carbocycles. The molecule has 0 unspecified atom stereocenters. The van der Waals surface area contributed by atoms with Crippen molar-refractivity contribution in [1.82, 2.24) is 9.80 Å². The monoisotopic (exact) mass is 442 g/mol. The summed E-state index contributed by atoms with van der Waals surface area (Å²) >= 11 is 0. The summed E-state index contributed by atoms with van der Waals surface area (Å²) in [5.41, 5.74) is 0.976. The molecular formula is C23H23FN2O4S. The maximum atomic E-state index is 13.9. The van der Waals surface area contributed by atoms with Crippen molar-refractivity contribution < 1.29 is 22.0 Å². The summed E-state index contributed by atoms with van der Waals surface area (Å²) in [5, 5.41) is 0. The summed E-state index contributed by atoms with van der Waals surface area (Å²) in [4.78, 5) is 16.9. The minimum absolute atomic E-state index is 0.0575. The van der Waals surface area contributed by atoms with Crippen LogP contribution in [0.3, 0.4) is 0 Å². The highest BCUT2D eigenvalue weighted by Gasteiger charge is 2.28. The lowest BCUT2D eigenvalue weighted by molar-refractivity contribution is 0.0595. The quantitative estimate of drug-likeness (QED) is 0.586. The van der Waals surface area contributed by atoms with Gasteiger partial charge < -0.3 is 9.32 Å². The molecule has 4 rings (SSSR count). The molecule has 1 fully saturated rings. The first kappa shape index (κ1) is 21.3. The van der Waals surface area contributed by atoms with E-state index in [1.165, 1.54) is 30.5 Å². The Bertz CT molecular complexity index is 1150. The molecular weight excluding hydrogens is 419 g/mol. The van der Waals surface area contributed by atoms with Crippen molar-refractivity contribution in [2.75, 3.05) is 26.2 Å². The van der Waals surface area contributed by atoms with Crippen LogP contribution in [0.25, 0.3) is 0 Å². The zero-order chi connectivity index (χ0) is 21.8. The maximum Gasteiger partial charge on any atom is 0.289 e. The van der Waals surface area contributed by atoms with Gasteiger partial charge in [0.25, 0.3) is 5.91 Å². The first-order chi connectivity index (χ1) is 14.9. The normalized spacial score (nSPS) is 15.2. The Kier molecular flexibility index (Phi) is 6.20. The number of amides is 1. The van der Waals surface area contributed by atoms with E-state index in [1.807, 2.05) is 0 Å². The van der Waals surface area contributed by atoms with E-state index in [2.05, 4.69) is 4.90 Å². The average Bonchev–Trinajstić information content (AvgIpc) is 3.23. The molecule has 31 heavy (non-hydrogen) atoms. The highest BCUT2D eigenvalue weighted by atomic mass is 32.2. The predicted octanol–water partition coefficient (Wildman–Crippen LogP) is 3.35. The Hall–Kier alpha value is -2.97. The number of carbonyl (C=O) groups excluding carboxylic acids is 1. The highest BCUT2D eigenvalue weighted by molar-refractivity contribution is 7.90. The number of hydrogen-bond acceptors (Lipinski definition) is 5. The van der Waals surface area contributed by atoms with Gasteiger partial charge in [-0.2, -0.15) is 0 Å². The van der Waals surface area contributed by atoms with Crippen LogP contribution in [0.4, 0.5) is 4.39 Å². The Morgan fingerprint density at radius 2 is 1.58 bits per heavy atom. The molecule has 6 nitrogen and oxygen atoms in total. The topological polar surface area (TPSA) is 70.8 Å². The minimum Gasteiger partial charge on any atom is -0.459 e. The van der Waals surface area contributed by atoms with Crippen molar-refractivity contribution >= 4 is 15.7 Å². The van der Waals surface area contributed by atoms with Crippen molar-refractivity contribution in [3.05, 3.63) is 89.6 Å². The number of sulfone groups is 1. The van der Waals surface area contributed by atoms with Gasteiger partial charge in [0.15, 0.2) is 15.6 Å². The molecule has 0 saturated carbocycles. The average molecular weight is 443 g/mol. The summed E-state index contributed by atoms with van der Waals surface area (Å²) in [5.74, 6) is -0.807. The number of nitrogens with zero attached hydrogens (tertiary/aromatic N) is 2. The van der Waals surface area contributed by atoms with Crippen LogP contribution >= 0.6 is 0 Å². The third kappa shape index (κ3) is 4.86. The van der Waals surface area contributed by atoms with Crippen LogP contribution in [0.1, 0.15) is 21.7 Å². The number of benzene rings is 2. The van der Waals surface area contributed by atoms with Crippen LogP contribution in [0.15, 0.2) is 76.2 Å². The van der Waals surface area contributed by atoms with Crippen molar-refractivity contribution in [2.45, 2.75) is 17.2 Å². The van der Waals surface area contributed by atoms with Gasteiger partial charge in [0.2, 0.25) is 0 Å². The van der Waals surface area contributed by atoms with E-state index in [9.17, 15) is 17.6 Å². The van der Waals surface area contributed by atoms with Gasteiger partial charge in [-0.15, -0.1) is 0 Å². The van der Waals surface area contributed by atoms with E-state index in [0.717, 1.165) is 0 Å². The predicted molar refractivity (Wildman–Crippen MR) is 114 cm³/mol. The number of piperazine rings is 1. The van der Waals surface area contributed by atoms with E-state index in [1.54, 1.807) is 41.3 Å². The molecule has 1 aliphatic heterocycles. The molecule has 0 radical (unpaired) electrons. The number of halogens is 1. The van der Waals surface area contributed by atoms with Crippen LogP contribution in [0.2, 0.25) is 0 Å². The zero-order valence-corrected chi connectivity index (χ0v) is 17.7. The molecule has 1 aromatic heterocycles. The van der Waals surface area contributed by atoms with Crippen LogP contribution in [0.5, 0.6) is 0 Å². The molecule has 1 aliphatic rings. The van der Waals surface area contributed by atoms with E-state index >= 15 is 0 Å². The Labute approximate surface area is 180 Å². The summed E-state index contributed by atoms with van der Waals surface area (Å²) in [6.45, 7) is 2.59. The smallest absolute Gasteiger partial charge is 0.289 e. The zero-order valence-electron chi connectivity index (χ0n) is 16.9. The van der Waals surface area contributed by atoms with Crippen LogP contribution in [0, 0.1) is 5.82 Å². The molecule has 2 aromatic carbocycles. The molecule has 2 heterocycles. The van der Waals surface area contributed by atoms with E-state index < -0.39 is 9.84 Å². The van der Waals surface area contributed by atoms with E-state index in [0.29, 0.717) is 43.9 Å². The van der Waals surface area contributed by atoms with Gasteiger partial charge in [-0.05, 0) is 24.3 Å². The van der Waals surface area contributed by atoms with Gasteiger partial charge in [-0.1, -0.05) is 36.4 Å². The Balaban J connectivity index is 1.40. The molecule has 0 atom stereocenters. The van der Waals surface area contributed by atoms with Crippen molar-refractivity contribution in [1.29, 1.82) is 0 Å². The molecule has 3 aromatic rings. The van der Waals surface area contributed by atoms with Crippen molar-refractivity contribution in [3.8, 4) is 0 Å². The fourth-order valence-electron chi connectivity index (χ4n) is 3.67. The Morgan fingerprint density at radius 3 is 2.29 bits per heavy atom. The standard InChI is InChI=1S/C23H23FN2O4S/c24-21-9-5-4-6-18(21)16-25-11-13-26(14-12-25)23(27)22-19(10-15-30-22)17-31(28,29)20-7-2-1-3-8-20/h1-10,15H,11-14,16-17H2. The first-order valence-electron chi connectivity index (χ1n) is 10.0. The number of rotatable bonds is 6. The fraction of sp³-hybridized carbons (Fsp3) is 0.261. The van der Waals surface area contributed by atoms with Crippen LogP contribution in [-0.2, 0) is 22.1 Å². The third-order valence-corrected chi connectivity index (χ3v) is 7.08. The fourth-order valence-corrected chi connectivity index (χ4v) is 5.05. The van der Waals surface area contributed by atoms with Crippen molar-refractivity contribution in [2.24, 2.45) is 0 Å². The number of carbonyl (C=O) groups is 1. The first-order valence-corrected chi connectivity index (χ1v) is 11.7. The van der Waals surface area contributed by atoms with Crippen LogP contribution in [-0.4, -0.2) is 50.3 Å². The molecule has 0 N–H and O–H groups in total. The second-order valence-electron chi connectivity index (χ2n) is 7.51. The van der Waals surface area contributed by atoms with E-state index in [4.69, 9.17) is 4.42 Å².